The van der Waals surface area contributed by atoms with E-state index in [0.29, 0.717) is 11.2 Å². The summed E-state index contributed by atoms with van der Waals surface area (Å²) in [6.45, 7) is 8.73. The summed E-state index contributed by atoms with van der Waals surface area (Å²) in [4.78, 5) is 6.53. The fourth-order valence-corrected chi connectivity index (χ4v) is 1.65. The van der Waals surface area contributed by atoms with Gasteiger partial charge in [0.15, 0.2) is 0 Å². The van der Waals surface area contributed by atoms with E-state index < -0.39 is 0 Å². The lowest BCUT2D eigenvalue weighted by Crippen LogP contribution is -2.31. The van der Waals surface area contributed by atoms with Gasteiger partial charge in [-0.25, -0.2) is 4.98 Å². The van der Waals surface area contributed by atoms with Gasteiger partial charge in [-0.05, 0) is 38.4 Å². The number of pyridine rings is 1. The van der Waals surface area contributed by atoms with Gasteiger partial charge in [-0.2, -0.15) is 0 Å². The van der Waals surface area contributed by atoms with Crippen molar-refractivity contribution in [2.45, 2.75) is 39.8 Å². The molecule has 0 atom stereocenters. The highest BCUT2D eigenvalue weighted by Crippen LogP contribution is 2.10. The van der Waals surface area contributed by atoms with Gasteiger partial charge in [0.05, 0.1) is 0 Å². The summed E-state index contributed by atoms with van der Waals surface area (Å²) in [5.41, 5.74) is 1.22. The Balaban J connectivity index is 2.61. The molecule has 0 aliphatic heterocycles. The lowest BCUT2D eigenvalue weighted by atomic mass is 10.2. The Morgan fingerprint density at radius 3 is 2.60 bits per heavy atom. The first-order valence-corrected chi connectivity index (χ1v) is 5.85. The SMILES string of the molecule is CCCN(Cc1ccc(Cl)nc1)C(C)C. The van der Waals surface area contributed by atoms with Crippen molar-refractivity contribution in [3.8, 4) is 0 Å². The lowest BCUT2D eigenvalue weighted by Gasteiger charge is -2.25. The normalized spacial score (nSPS) is 11.3. The van der Waals surface area contributed by atoms with Crippen LogP contribution < -0.4 is 0 Å². The van der Waals surface area contributed by atoms with Gasteiger partial charge in [0.2, 0.25) is 0 Å². The van der Waals surface area contributed by atoms with E-state index in [9.17, 15) is 0 Å². The number of hydrogen-bond acceptors (Lipinski definition) is 2. The van der Waals surface area contributed by atoms with Crippen LogP contribution >= 0.6 is 11.6 Å². The number of halogens is 1. The molecule has 0 fully saturated rings. The molecule has 0 spiro atoms. The van der Waals surface area contributed by atoms with Crippen LogP contribution in [0.5, 0.6) is 0 Å². The van der Waals surface area contributed by atoms with Crippen molar-refractivity contribution >= 4 is 11.6 Å². The quantitative estimate of drug-likeness (QED) is 0.716. The maximum absolute atomic E-state index is 5.75. The Bertz CT molecular complexity index is 282. The Labute approximate surface area is 97.3 Å². The third-order valence-electron chi connectivity index (χ3n) is 2.42. The van der Waals surface area contributed by atoms with Crippen LogP contribution in [0.1, 0.15) is 32.8 Å². The second-order valence-electron chi connectivity index (χ2n) is 4.05. The summed E-state index contributed by atoms with van der Waals surface area (Å²) in [6.07, 6.45) is 3.03. The fraction of sp³-hybridized carbons (Fsp3) is 0.583. The minimum atomic E-state index is 0.560. The Kier molecular flexibility index (Phi) is 5.06. The van der Waals surface area contributed by atoms with Gasteiger partial charge in [-0.1, -0.05) is 24.6 Å². The summed E-state index contributed by atoms with van der Waals surface area (Å²) >= 11 is 5.75. The van der Waals surface area contributed by atoms with Gasteiger partial charge in [-0.15, -0.1) is 0 Å². The molecule has 1 rings (SSSR count). The van der Waals surface area contributed by atoms with E-state index in [0.717, 1.165) is 13.1 Å². The highest BCUT2D eigenvalue weighted by molar-refractivity contribution is 6.29. The van der Waals surface area contributed by atoms with E-state index in [1.165, 1.54) is 12.0 Å². The largest absolute Gasteiger partial charge is 0.297 e. The molecule has 0 bridgehead atoms. The zero-order chi connectivity index (χ0) is 11.3. The highest BCUT2D eigenvalue weighted by Gasteiger charge is 2.08. The van der Waals surface area contributed by atoms with Crippen molar-refractivity contribution in [3.63, 3.8) is 0 Å². The molecule has 84 valence electrons. The van der Waals surface area contributed by atoms with Crippen LogP contribution in [-0.4, -0.2) is 22.5 Å². The van der Waals surface area contributed by atoms with Crippen LogP contribution in [-0.2, 0) is 6.54 Å². The molecule has 0 aliphatic rings. The molecule has 0 N–H and O–H groups in total. The maximum atomic E-state index is 5.75. The van der Waals surface area contributed by atoms with Crippen molar-refractivity contribution in [1.29, 1.82) is 0 Å². The van der Waals surface area contributed by atoms with Crippen molar-refractivity contribution in [1.82, 2.24) is 9.88 Å². The van der Waals surface area contributed by atoms with E-state index in [2.05, 4.69) is 30.7 Å². The molecule has 0 saturated heterocycles. The van der Waals surface area contributed by atoms with Crippen molar-refractivity contribution in [3.05, 3.63) is 29.0 Å². The number of hydrogen-bond donors (Lipinski definition) is 0. The molecule has 0 saturated carbocycles. The first-order chi connectivity index (χ1) is 7.13. The zero-order valence-electron chi connectivity index (χ0n) is 9.70. The van der Waals surface area contributed by atoms with Crippen molar-refractivity contribution < 1.29 is 0 Å². The fourth-order valence-electron chi connectivity index (χ4n) is 1.54. The standard InChI is InChI=1S/C12H19ClN2/c1-4-7-15(10(2)3)9-11-5-6-12(13)14-8-11/h5-6,8,10H,4,7,9H2,1-3H3. The molecule has 3 heteroatoms. The first-order valence-electron chi connectivity index (χ1n) is 5.48. The molecule has 0 amide bonds. The topological polar surface area (TPSA) is 16.1 Å². The van der Waals surface area contributed by atoms with Crippen LogP contribution in [0.4, 0.5) is 0 Å². The van der Waals surface area contributed by atoms with E-state index in [4.69, 9.17) is 11.6 Å². The average Bonchev–Trinajstić information content (AvgIpc) is 2.20. The van der Waals surface area contributed by atoms with Crippen molar-refractivity contribution in [2.75, 3.05) is 6.54 Å². The summed E-state index contributed by atoms with van der Waals surface area (Å²) in [6, 6.07) is 4.46. The van der Waals surface area contributed by atoms with E-state index in [1.807, 2.05) is 18.3 Å². The molecule has 1 aromatic heterocycles. The smallest absolute Gasteiger partial charge is 0.129 e. The molecule has 15 heavy (non-hydrogen) atoms. The lowest BCUT2D eigenvalue weighted by molar-refractivity contribution is 0.213. The molecule has 0 aromatic carbocycles. The molecule has 1 heterocycles. The molecule has 1 aromatic rings. The van der Waals surface area contributed by atoms with Gasteiger partial charge >= 0.3 is 0 Å². The predicted molar refractivity (Wildman–Crippen MR) is 65.1 cm³/mol. The monoisotopic (exact) mass is 226 g/mol. The van der Waals surface area contributed by atoms with Crippen molar-refractivity contribution in [2.24, 2.45) is 0 Å². The zero-order valence-corrected chi connectivity index (χ0v) is 10.5. The summed E-state index contributed by atoms with van der Waals surface area (Å²) in [7, 11) is 0. The summed E-state index contributed by atoms with van der Waals surface area (Å²) in [5.74, 6) is 0. The average molecular weight is 227 g/mol. The number of rotatable bonds is 5. The maximum Gasteiger partial charge on any atom is 0.129 e. The Morgan fingerprint density at radius 1 is 1.40 bits per heavy atom. The van der Waals surface area contributed by atoms with Gasteiger partial charge in [0.1, 0.15) is 5.15 Å². The van der Waals surface area contributed by atoms with Gasteiger partial charge in [0.25, 0.3) is 0 Å². The summed E-state index contributed by atoms with van der Waals surface area (Å²) in [5, 5.41) is 0.560. The van der Waals surface area contributed by atoms with Crippen LogP contribution in [0, 0.1) is 0 Å². The van der Waals surface area contributed by atoms with E-state index >= 15 is 0 Å². The van der Waals surface area contributed by atoms with E-state index in [-0.39, 0.29) is 0 Å². The van der Waals surface area contributed by atoms with Gasteiger partial charge < -0.3 is 0 Å². The van der Waals surface area contributed by atoms with Crippen LogP contribution in [0.15, 0.2) is 18.3 Å². The van der Waals surface area contributed by atoms with Gasteiger partial charge in [-0.3, -0.25) is 4.90 Å². The minimum Gasteiger partial charge on any atom is -0.297 e. The van der Waals surface area contributed by atoms with Gasteiger partial charge in [0, 0.05) is 18.8 Å². The molecular formula is C12H19ClN2. The second-order valence-corrected chi connectivity index (χ2v) is 4.44. The number of nitrogens with zero attached hydrogens (tertiary/aromatic N) is 2. The minimum absolute atomic E-state index is 0.560. The molecule has 2 nitrogen and oxygen atoms in total. The Morgan fingerprint density at radius 2 is 2.13 bits per heavy atom. The molecular weight excluding hydrogens is 208 g/mol. The Hall–Kier alpha value is -0.600. The molecule has 0 unspecified atom stereocenters. The predicted octanol–water partition coefficient (Wildman–Crippen LogP) is 3.36. The van der Waals surface area contributed by atoms with Crippen LogP contribution in [0.25, 0.3) is 0 Å². The number of aromatic nitrogens is 1. The third-order valence-corrected chi connectivity index (χ3v) is 2.64. The molecule has 0 aliphatic carbocycles. The van der Waals surface area contributed by atoms with Crippen LogP contribution in [0.3, 0.4) is 0 Å². The molecule has 0 radical (unpaired) electrons. The second kappa shape index (κ2) is 6.09. The third kappa shape index (κ3) is 4.18. The highest BCUT2D eigenvalue weighted by atomic mass is 35.5. The van der Waals surface area contributed by atoms with E-state index in [1.54, 1.807) is 0 Å². The van der Waals surface area contributed by atoms with Crippen LogP contribution in [0.2, 0.25) is 5.15 Å². The summed E-state index contributed by atoms with van der Waals surface area (Å²) < 4.78 is 0. The first kappa shape index (κ1) is 12.5.